The van der Waals surface area contributed by atoms with Crippen molar-refractivity contribution in [2.75, 3.05) is 0 Å². The van der Waals surface area contributed by atoms with E-state index in [1.54, 1.807) is 0 Å². The first-order chi connectivity index (χ1) is 7.88. The van der Waals surface area contributed by atoms with Crippen molar-refractivity contribution in [1.29, 1.82) is 0 Å². The van der Waals surface area contributed by atoms with Crippen LogP contribution in [0.1, 0.15) is 35.6 Å². The number of carbonyl (C=O) groups excluding carboxylic acids is 1. The number of aryl methyl sites for hydroxylation is 1. The van der Waals surface area contributed by atoms with Gasteiger partial charge in [-0.25, -0.2) is 13.2 Å². The quantitative estimate of drug-likeness (QED) is 0.626. The first-order valence-corrected chi connectivity index (χ1v) is 7.45. The number of furan rings is 1. The zero-order chi connectivity index (χ0) is 12.6. The second-order valence-corrected chi connectivity index (χ2v) is 6.46. The van der Waals surface area contributed by atoms with E-state index in [0.717, 1.165) is 25.3 Å². The Hall–Kier alpha value is -1.01. The van der Waals surface area contributed by atoms with Crippen molar-refractivity contribution in [2.24, 2.45) is 0 Å². The van der Waals surface area contributed by atoms with Crippen LogP contribution < -0.4 is 0 Å². The van der Waals surface area contributed by atoms with Gasteiger partial charge in [-0.1, -0.05) is 0 Å². The first kappa shape index (κ1) is 12.4. The van der Waals surface area contributed by atoms with Crippen molar-refractivity contribution in [3.8, 4) is 0 Å². The van der Waals surface area contributed by atoms with Gasteiger partial charge < -0.3 is 9.15 Å². The van der Waals surface area contributed by atoms with Gasteiger partial charge in [0, 0.05) is 16.7 Å². The predicted octanol–water partition coefficient (Wildman–Crippen LogP) is 2.22. The molecule has 0 aliphatic heterocycles. The molecule has 17 heavy (non-hydrogen) atoms. The van der Waals surface area contributed by atoms with Crippen LogP contribution in [-0.2, 0) is 13.8 Å². The summed E-state index contributed by atoms with van der Waals surface area (Å²) < 4.78 is 32.4. The molecule has 94 valence electrons. The molecule has 0 unspecified atom stereocenters. The van der Waals surface area contributed by atoms with Gasteiger partial charge in [0.2, 0.25) is 5.76 Å². The molecule has 0 spiro atoms. The average molecular weight is 279 g/mol. The van der Waals surface area contributed by atoms with E-state index in [9.17, 15) is 13.2 Å². The summed E-state index contributed by atoms with van der Waals surface area (Å²) in [6.07, 6.45) is 2.64. The lowest BCUT2D eigenvalue weighted by molar-refractivity contribution is 0.00568. The summed E-state index contributed by atoms with van der Waals surface area (Å²) in [4.78, 5) is 11.4. The molecule has 0 amide bonds. The van der Waals surface area contributed by atoms with Crippen LogP contribution in [-0.4, -0.2) is 20.5 Å². The Kier molecular flexibility index (Phi) is 3.18. The Balaban J connectivity index is 2.19. The van der Waals surface area contributed by atoms with Gasteiger partial charge in [0.15, 0.2) is 0 Å². The van der Waals surface area contributed by atoms with Crippen LogP contribution >= 0.6 is 10.7 Å². The summed E-state index contributed by atoms with van der Waals surface area (Å²) in [5.74, 6) is -0.696. The van der Waals surface area contributed by atoms with Crippen molar-refractivity contribution in [3.05, 3.63) is 17.6 Å². The number of ether oxygens (including phenoxy) is 1. The molecule has 2 rings (SSSR count). The number of hydrogen-bond acceptors (Lipinski definition) is 5. The summed E-state index contributed by atoms with van der Waals surface area (Å²) >= 11 is 0. The minimum absolute atomic E-state index is 0.0797. The third-order valence-electron chi connectivity index (χ3n) is 2.66. The molecule has 1 aromatic rings. The van der Waals surface area contributed by atoms with Gasteiger partial charge in [-0.15, -0.1) is 0 Å². The van der Waals surface area contributed by atoms with Gasteiger partial charge in [0.25, 0.3) is 9.05 Å². The lowest BCUT2D eigenvalue weighted by Crippen LogP contribution is -2.24. The molecule has 0 atom stereocenters. The highest BCUT2D eigenvalue weighted by atomic mass is 35.7. The first-order valence-electron chi connectivity index (χ1n) is 5.14. The smallest absolute Gasteiger partial charge is 0.374 e. The predicted molar refractivity (Wildman–Crippen MR) is 59.5 cm³/mol. The van der Waals surface area contributed by atoms with E-state index in [-0.39, 0.29) is 22.5 Å². The van der Waals surface area contributed by atoms with E-state index in [4.69, 9.17) is 19.8 Å². The molecular weight excluding hydrogens is 268 g/mol. The monoisotopic (exact) mass is 278 g/mol. The van der Waals surface area contributed by atoms with Crippen molar-refractivity contribution < 1.29 is 22.4 Å². The number of hydrogen-bond donors (Lipinski definition) is 0. The van der Waals surface area contributed by atoms with Crippen molar-refractivity contribution in [3.63, 3.8) is 0 Å². The highest BCUT2D eigenvalue weighted by Gasteiger charge is 2.27. The lowest BCUT2D eigenvalue weighted by Gasteiger charge is -2.24. The Labute approximate surface area is 103 Å². The summed E-state index contributed by atoms with van der Waals surface area (Å²) in [5.41, 5.74) is 0. The topological polar surface area (TPSA) is 73.6 Å². The van der Waals surface area contributed by atoms with E-state index in [1.807, 2.05) is 0 Å². The summed E-state index contributed by atoms with van der Waals surface area (Å²) in [7, 11) is 1.29. The highest BCUT2D eigenvalue weighted by Crippen LogP contribution is 2.26. The van der Waals surface area contributed by atoms with E-state index < -0.39 is 15.0 Å². The lowest BCUT2D eigenvalue weighted by atomic mass is 9.96. The fourth-order valence-corrected chi connectivity index (χ4v) is 2.60. The molecule has 7 heteroatoms. The van der Waals surface area contributed by atoms with Crippen LogP contribution in [0, 0.1) is 6.92 Å². The molecule has 0 saturated heterocycles. The van der Waals surface area contributed by atoms with E-state index in [2.05, 4.69) is 0 Å². The fraction of sp³-hybridized carbons (Fsp3) is 0.500. The fourth-order valence-electron chi connectivity index (χ4n) is 1.51. The van der Waals surface area contributed by atoms with Gasteiger partial charge in [-0.05, 0) is 26.2 Å². The van der Waals surface area contributed by atoms with E-state index in [0.29, 0.717) is 0 Å². The maximum absolute atomic E-state index is 11.6. The molecule has 1 aliphatic rings. The zero-order valence-corrected chi connectivity index (χ0v) is 10.7. The van der Waals surface area contributed by atoms with Crippen molar-refractivity contribution in [1.82, 2.24) is 0 Å². The minimum Gasteiger partial charge on any atom is -0.457 e. The van der Waals surface area contributed by atoms with Crippen LogP contribution in [0.3, 0.4) is 0 Å². The van der Waals surface area contributed by atoms with E-state index >= 15 is 0 Å². The Bertz CT molecular complexity index is 541. The molecule has 1 saturated carbocycles. The van der Waals surface area contributed by atoms with Crippen molar-refractivity contribution >= 4 is 25.7 Å². The van der Waals surface area contributed by atoms with Gasteiger partial charge in [0.05, 0.1) is 0 Å². The van der Waals surface area contributed by atoms with Crippen LogP contribution in [0.4, 0.5) is 0 Å². The molecule has 0 N–H and O–H groups in total. The van der Waals surface area contributed by atoms with Crippen molar-refractivity contribution in [2.45, 2.75) is 37.2 Å². The standard InChI is InChI=1S/C10H11ClO5S/c1-6-9(17(11,13)14)5-8(15-6)10(12)16-7-3-2-4-7/h5,7H,2-4H2,1H3. The average Bonchev–Trinajstić information content (AvgIpc) is 2.53. The van der Waals surface area contributed by atoms with E-state index in [1.165, 1.54) is 6.92 Å². The molecule has 1 aromatic heterocycles. The zero-order valence-electron chi connectivity index (χ0n) is 9.10. The molecule has 1 fully saturated rings. The van der Waals surface area contributed by atoms with Crippen LogP contribution in [0.5, 0.6) is 0 Å². The van der Waals surface area contributed by atoms with Gasteiger partial charge in [-0.2, -0.15) is 0 Å². The third-order valence-corrected chi connectivity index (χ3v) is 4.09. The summed E-state index contributed by atoms with van der Waals surface area (Å²) in [5, 5.41) is 0. The summed E-state index contributed by atoms with van der Waals surface area (Å²) in [6.45, 7) is 1.43. The SMILES string of the molecule is Cc1oc(C(=O)OC2CCC2)cc1S(=O)(=O)Cl. The number of esters is 1. The maximum Gasteiger partial charge on any atom is 0.374 e. The Morgan fingerprint density at radius 1 is 1.53 bits per heavy atom. The largest absolute Gasteiger partial charge is 0.457 e. The normalized spacial score (nSPS) is 16.6. The third kappa shape index (κ3) is 2.63. The molecule has 1 aliphatic carbocycles. The van der Waals surface area contributed by atoms with Crippen LogP contribution in [0.2, 0.25) is 0 Å². The molecule has 0 radical (unpaired) electrons. The van der Waals surface area contributed by atoms with Crippen LogP contribution in [0.15, 0.2) is 15.4 Å². The summed E-state index contributed by atoms with van der Waals surface area (Å²) in [6, 6.07) is 1.10. The number of carbonyl (C=O) groups is 1. The molecule has 5 nitrogen and oxygen atoms in total. The Morgan fingerprint density at radius 2 is 2.18 bits per heavy atom. The van der Waals surface area contributed by atoms with Gasteiger partial charge >= 0.3 is 5.97 Å². The second kappa shape index (κ2) is 4.34. The second-order valence-electron chi connectivity index (χ2n) is 3.93. The molecular formula is C10H11ClO5S. The minimum atomic E-state index is -3.90. The highest BCUT2D eigenvalue weighted by molar-refractivity contribution is 8.13. The van der Waals surface area contributed by atoms with Crippen LogP contribution in [0.25, 0.3) is 0 Å². The number of rotatable bonds is 3. The molecule has 1 heterocycles. The Morgan fingerprint density at radius 3 is 2.59 bits per heavy atom. The van der Waals surface area contributed by atoms with Gasteiger partial charge in [-0.3, -0.25) is 0 Å². The maximum atomic E-state index is 11.6. The van der Waals surface area contributed by atoms with Gasteiger partial charge in [0.1, 0.15) is 16.8 Å². The molecule has 0 aromatic carbocycles. The number of halogens is 1. The molecule has 0 bridgehead atoms.